The Kier molecular flexibility index (Phi) is 5.71. The molecule has 0 saturated heterocycles. The molecule has 1 aromatic rings. The van der Waals surface area contributed by atoms with Crippen LogP contribution in [0.1, 0.15) is 24.2 Å². The summed E-state index contributed by atoms with van der Waals surface area (Å²) in [6.07, 6.45) is 1.50. The second kappa shape index (κ2) is 6.81. The molecule has 0 fully saturated rings. The Morgan fingerprint density at radius 3 is 2.76 bits per heavy atom. The first-order chi connectivity index (χ1) is 8.06. The van der Waals surface area contributed by atoms with Crippen LogP contribution in [0.15, 0.2) is 21.4 Å². The summed E-state index contributed by atoms with van der Waals surface area (Å²) in [4.78, 5) is 14.0. The molecule has 0 unspecified atom stereocenters. The number of carbonyl (C=O) groups excluding carboxylic acids is 1. The van der Waals surface area contributed by atoms with Crippen molar-refractivity contribution in [3.05, 3.63) is 22.6 Å². The highest BCUT2D eigenvalue weighted by atomic mass is 79.9. The fourth-order valence-corrected chi connectivity index (χ4v) is 1.94. The molecule has 1 rings (SSSR count). The van der Waals surface area contributed by atoms with Gasteiger partial charge in [0.25, 0.3) is 5.91 Å². The Morgan fingerprint density at radius 1 is 1.59 bits per heavy atom. The van der Waals surface area contributed by atoms with E-state index >= 15 is 0 Å². The van der Waals surface area contributed by atoms with Gasteiger partial charge in [0.1, 0.15) is 0 Å². The molecule has 0 aliphatic rings. The quantitative estimate of drug-likeness (QED) is 0.811. The summed E-state index contributed by atoms with van der Waals surface area (Å²) in [5, 5.41) is 0. The molecule has 1 aromatic heterocycles. The van der Waals surface area contributed by atoms with Crippen LogP contribution in [0, 0.1) is 5.92 Å². The van der Waals surface area contributed by atoms with Gasteiger partial charge in [-0.1, -0.05) is 13.8 Å². The van der Waals surface area contributed by atoms with Crippen molar-refractivity contribution in [2.75, 3.05) is 26.8 Å². The number of carbonyl (C=O) groups is 1. The molecule has 1 heterocycles. The summed E-state index contributed by atoms with van der Waals surface area (Å²) in [6.45, 7) is 5.99. The number of amides is 1. The lowest BCUT2D eigenvalue weighted by Crippen LogP contribution is -2.36. The predicted molar refractivity (Wildman–Crippen MR) is 69.0 cm³/mol. The summed E-state index contributed by atoms with van der Waals surface area (Å²) >= 11 is 3.22. The topological polar surface area (TPSA) is 42.7 Å². The summed E-state index contributed by atoms with van der Waals surface area (Å²) in [7, 11) is 1.63. The van der Waals surface area contributed by atoms with Crippen molar-refractivity contribution in [2.24, 2.45) is 5.92 Å². The lowest BCUT2D eigenvalue weighted by atomic mass is 10.2. The highest BCUT2D eigenvalue weighted by Gasteiger charge is 2.20. The number of hydrogen-bond donors (Lipinski definition) is 0. The molecule has 0 atom stereocenters. The maximum absolute atomic E-state index is 12.2. The molecule has 0 radical (unpaired) electrons. The van der Waals surface area contributed by atoms with E-state index in [1.807, 2.05) is 0 Å². The van der Waals surface area contributed by atoms with Crippen LogP contribution >= 0.6 is 15.9 Å². The molecule has 0 aromatic carbocycles. The van der Waals surface area contributed by atoms with E-state index in [4.69, 9.17) is 9.15 Å². The third-order valence-electron chi connectivity index (χ3n) is 2.29. The smallest absolute Gasteiger partial charge is 0.258 e. The van der Waals surface area contributed by atoms with E-state index in [1.54, 1.807) is 18.1 Å². The van der Waals surface area contributed by atoms with Gasteiger partial charge in [0.15, 0.2) is 4.67 Å². The first-order valence-electron chi connectivity index (χ1n) is 5.57. The Labute approximate surface area is 110 Å². The van der Waals surface area contributed by atoms with Crippen LogP contribution in [0.5, 0.6) is 0 Å². The molecule has 5 heteroatoms. The first-order valence-corrected chi connectivity index (χ1v) is 6.36. The highest BCUT2D eigenvalue weighted by Crippen LogP contribution is 2.19. The van der Waals surface area contributed by atoms with E-state index < -0.39 is 0 Å². The van der Waals surface area contributed by atoms with Gasteiger partial charge < -0.3 is 14.1 Å². The lowest BCUT2D eigenvalue weighted by Gasteiger charge is -2.23. The molecular weight excluding hydrogens is 286 g/mol. The van der Waals surface area contributed by atoms with Crippen molar-refractivity contribution in [1.29, 1.82) is 0 Å². The SMILES string of the molecule is COCCN(CC(C)C)C(=O)c1ccoc1Br. The van der Waals surface area contributed by atoms with Crippen molar-refractivity contribution >= 4 is 21.8 Å². The zero-order chi connectivity index (χ0) is 12.8. The van der Waals surface area contributed by atoms with Crippen LogP contribution in [0.4, 0.5) is 0 Å². The maximum atomic E-state index is 12.2. The van der Waals surface area contributed by atoms with Crippen LogP contribution in [-0.2, 0) is 4.74 Å². The average molecular weight is 304 g/mol. The minimum Gasteiger partial charge on any atom is -0.457 e. The number of nitrogens with zero attached hydrogens (tertiary/aromatic N) is 1. The average Bonchev–Trinajstić information content (AvgIpc) is 2.69. The second-order valence-corrected chi connectivity index (χ2v) is 4.97. The third-order valence-corrected chi connectivity index (χ3v) is 2.90. The minimum absolute atomic E-state index is 0.0311. The Morgan fingerprint density at radius 2 is 2.29 bits per heavy atom. The van der Waals surface area contributed by atoms with Crippen LogP contribution in [0.3, 0.4) is 0 Å². The number of halogens is 1. The van der Waals surface area contributed by atoms with E-state index in [2.05, 4.69) is 29.8 Å². The molecule has 1 amide bonds. The molecule has 96 valence electrons. The minimum atomic E-state index is -0.0311. The van der Waals surface area contributed by atoms with Crippen LogP contribution in [0.25, 0.3) is 0 Å². The van der Waals surface area contributed by atoms with Crippen molar-refractivity contribution in [3.8, 4) is 0 Å². The van der Waals surface area contributed by atoms with Gasteiger partial charge in [-0.3, -0.25) is 4.79 Å². The molecular formula is C12H18BrNO3. The largest absolute Gasteiger partial charge is 0.457 e. The number of methoxy groups -OCH3 is 1. The number of furan rings is 1. The van der Waals surface area contributed by atoms with Gasteiger partial charge in [-0.05, 0) is 27.9 Å². The van der Waals surface area contributed by atoms with Crippen LogP contribution in [0.2, 0.25) is 0 Å². The second-order valence-electron chi connectivity index (χ2n) is 4.25. The molecule has 0 bridgehead atoms. The fraction of sp³-hybridized carbons (Fsp3) is 0.583. The molecule has 0 saturated carbocycles. The highest BCUT2D eigenvalue weighted by molar-refractivity contribution is 9.10. The van der Waals surface area contributed by atoms with Gasteiger partial charge in [0.05, 0.1) is 18.4 Å². The number of rotatable bonds is 6. The number of hydrogen-bond acceptors (Lipinski definition) is 3. The molecule has 17 heavy (non-hydrogen) atoms. The van der Waals surface area contributed by atoms with Gasteiger partial charge in [-0.2, -0.15) is 0 Å². The van der Waals surface area contributed by atoms with Crippen molar-refractivity contribution in [3.63, 3.8) is 0 Å². The van der Waals surface area contributed by atoms with E-state index in [-0.39, 0.29) is 5.91 Å². The zero-order valence-electron chi connectivity index (χ0n) is 10.4. The van der Waals surface area contributed by atoms with Gasteiger partial charge in [-0.15, -0.1) is 0 Å². The Balaban J connectivity index is 2.75. The van der Waals surface area contributed by atoms with Crippen molar-refractivity contribution in [1.82, 2.24) is 4.90 Å². The predicted octanol–water partition coefficient (Wildman–Crippen LogP) is 2.79. The standard InChI is InChI=1S/C12H18BrNO3/c1-9(2)8-14(5-7-16-3)12(15)10-4-6-17-11(10)13/h4,6,9H,5,7-8H2,1-3H3. The third kappa shape index (κ3) is 4.16. The zero-order valence-corrected chi connectivity index (χ0v) is 12.0. The van der Waals surface area contributed by atoms with Gasteiger partial charge >= 0.3 is 0 Å². The van der Waals surface area contributed by atoms with E-state index in [9.17, 15) is 4.79 Å². The van der Waals surface area contributed by atoms with Crippen LogP contribution in [-0.4, -0.2) is 37.6 Å². The first kappa shape index (κ1) is 14.3. The van der Waals surface area contributed by atoms with E-state index in [0.717, 1.165) is 0 Å². The van der Waals surface area contributed by atoms with Crippen molar-refractivity contribution < 1.29 is 13.9 Å². The van der Waals surface area contributed by atoms with Gasteiger partial charge in [0.2, 0.25) is 0 Å². The summed E-state index contributed by atoms with van der Waals surface area (Å²) < 4.78 is 10.6. The maximum Gasteiger partial charge on any atom is 0.258 e. The van der Waals surface area contributed by atoms with Crippen molar-refractivity contribution in [2.45, 2.75) is 13.8 Å². The van der Waals surface area contributed by atoms with Crippen LogP contribution < -0.4 is 0 Å². The van der Waals surface area contributed by atoms with Gasteiger partial charge in [-0.25, -0.2) is 0 Å². The fourth-order valence-electron chi connectivity index (χ4n) is 1.53. The summed E-state index contributed by atoms with van der Waals surface area (Å²) in [6, 6.07) is 1.67. The Hall–Kier alpha value is -0.810. The number of ether oxygens (including phenoxy) is 1. The molecule has 0 N–H and O–H groups in total. The molecule has 4 nitrogen and oxygen atoms in total. The molecule has 0 spiro atoms. The van der Waals surface area contributed by atoms with E-state index in [1.165, 1.54) is 6.26 Å². The monoisotopic (exact) mass is 303 g/mol. The van der Waals surface area contributed by atoms with E-state index in [0.29, 0.717) is 35.8 Å². The van der Waals surface area contributed by atoms with Gasteiger partial charge in [0, 0.05) is 20.2 Å². The molecule has 0 aliphatic heterocycles. The molecule has 0 aliphatic carbocycles. The Bertz CT molecular complexity index is 362. The summed E-state index contributed by atoms with van der Waals surface area (Å²) in [5.41, 5.74) is 0.557. The summed E-state index contributed by atoms with van der Waals surface area (Å²) in [5.74, 6) is 0.387. The normalized spacial score (nSPS) is 10.9. The lowest BCUT2D eigenvalue weighted by molar-refractivity contribution is 0.0670.